The van der Waals surface area contributed by atoms with Gasteiger partial charge in [-0.05, 0) is 25.3 Å². The van der Waals surface area contributed by atoms with E-state index in [9.17, 15) is 0 Å². The second-order valence-corrected chi connectivity index (χ2v) is 2.33. The zero-order valence-corrected chi connectivity index (χ0v) is 5.51. The second-order valence-electron chi connectivity index (χ2n) is 2.33. The molecule has 1 N–H and O–H groups in total. The molecule has 0 aromatic rings. The summed E-state index contributed by atoms with van der Waals surface area (Å²) < 4.78 is 0. The highest BCUT2D eigenvalue weighted by molar-refractivity contribution is 5.07. The summed E-state index contributed by atoms with van der Waals surface area (Å²) in [5.41, 5.74) is 0. The fraction of sp³-hybridized carbons (Fsp3) is 0.500. The van der Waals surface area contributed by atoms with Crippen molar-refractivity contribution < 1.29 is 5.11 Å². The van der Waals surface area contributed by atoms with E-state index in [1.807, 2.05) is 6.08 Å². The molecule has 0 radical (unpaired) electrons. The lowest BCUT2D eigenvalue weighted by atomic mass is 10.1. The monoisotopic (exact) mass is 124 g/mol. The molecule has 0 aromatic heterocycles. The molecule has 50 valence electrons. The number of aliphatic hydroxyl groups is 1. The predicted molar refractivity (Wildman–Crippen MR) is 38.3 cm³/mol. The van der Waals surface area contributed by atoms with Crippen molar-refractivity contribution in [1.82, 2.24) is 0 Å². The third-order valence-corrected chi connectivity index (χ3v) is 1.48. The molecule has 1 aliphatic rings. The van der Waals surface area contributed by atoms with Crippen LogP contribution >= 0.6 is 0 Å². The maximum absolute atomic E-state index is 9.02. The number of hydrogen-bond donors (Lipinski definition) is 1. The van der Waals surface area contributed by atoms with Crippen LogP contribution < -0.4 is 0 Å². The Bertz CT molecular complexity index is 134. The van der Waals surface area contributed by atoms with Gasteiger partial charge >= 0.3 is 0 Å². The molecule has 1 nitrogen and oxygen atoms in total. The summed E-state index contributed by atoms with van der Waals surface area (Å²) in [4.78, 5) is 0. The number of allylic oxidation sites excluding steroid dienone is 4. The van der Waals surface area contributed by atoms with E-state index in [0.717, 1.165) is 19.3 Å². The quantitative estimate of drug-likeness (QED) is 0.526. The highest BCUT2D eigenvalue weighted by Gasteiger charge is 1.93. The first-order valence-electron chi connectivity index (χ1n) is 3.44. The van der Waals surface area contributed by atoms with Crippen LogP contribution in [0.5, 0.6) is 0 Å². The molecule has 0 spiro atoms. The molecule has 0 saturated heterocycles. The van der Waals surface area contributed by atoms with Crippen molar-refractivity contribution in [2.45, 2.75) is 25.7 Å². The van der Waals surface area contributed by atoms with Gasteiger partial charge in [0.2, 0.25) is 0 Å². The summed E-state index contributed by atoms with van der Waals surface area (Å²) in [6.45, 7) is 0. The van der Waals surface area contributed by atoms with Crippen molar-refractivity contribution in [3.05, 3.63) is 24.0 Å². The predicted octanol–water partition coefficient (Wildman–Crippen LogP) is 2.56. The molecule has 0 aromatic carbocycles. The summed E-state index contributed by atoms with van der Waals surface area (Å²) in [5.74, 6) is 0.519. The van der Waals surface area contributed by atoms with Gasteiger partial charge in [0, 0.05) is 6.42 Å². The van der Waals surface area contributed by atoms with Gasteiger partial charge in [-0.2, -0.15) is 0 Å². The molecular weight excluding hydrogens is 112 g/mol. The number of aliphatic hydroxyl groups excluding tert-OH is 1. The lowest BCUT2D eigenvalue weighted by Gasteiger charge is -2.00. The Morgan fingerprint density at radius 2 is 2.22 bits per heavy atom. The number of rotatable bonds is 0. The molecule has 0 unspecified atom stereocenters. The van der Waals surface area contributed by atoms with Crippen LogP contribution in [-0.4, -0.2) is 5.11 Å². The van der Waals surface area contributed by atoms with Crippen molar-refractivity contribution in [2.24, 2.45) is 0 Å². The van der Waals surface area contributed by atoms with E-state index < -0.39 is 0 Å². The Hall–Kier alpha value is -0.720. The van der Waals surface area contributed by atoms with Crippen LogP contribution in [0.25, 0.3) is 0 Å². The molecule has 9 heavy (non-hydrogen) atoms. The van der Waals surface area contributed by atoms with Gasteiger partial charge in [-0.3, -0.25) is 0 Å². The van der Waals surface area contributed by atoms with E-state index in [0.29, 0.717) is 5.76 Å². The molecule has 0 bridgehead atoms. The van der Waals surface area contributed by atoms with Crippen LogP contribution in [0.3, 0.4) is 0 Å². The number of hydrogen-bond acceptors (Lipinski definition) is 1. The van der Waals surface area contributed by atoms with Crippen molar-refractivity contribution in [3.8, 4) is 0 Å². The van der Waals surface area contributed by atoms with Gasteiger partial charge in [0.05, 0.1) is 5.76 Å². The van der Waals surface area contributed by atoms with Crippen LogP contribution in [0.4, 0.5) is 0 Å². The van der Waals surface area contributed by atoms with Crippen LogP contribution in [0.15, 0.2) is 24.0 Å². The summed E-state index contributed by atoms with van der Waals surface area (Å²) >= 11 is 0. The molecule has 0 heterocycles. The van der Waals surface area contributed by atoms with E-state index in [1.165, 1.54) is 6.42 Å². The minimum absolute atomic E-state index is 0.519. The Morgan fingerprint density at radius 1 is 1.33 bits per heavy atom. The lowest BCUT2D eigenvalue weighted by Crippen LogP contribution is -1.83. The molecule has 0 amide bonds. The molecule has 0 saturated carbocycles. The molecule has 1 heteroatoms. The van der Waals surface area contributed by atoms with Crippen LogP contribution in [-0.2, 0) is 0 Å². The minimum Gasteiger partial charge on any atom is -0.512 e. The van der Waals surface area contributed by atoms with Gasteiger partial charge in [0.25, 0.3) is 0 Å². The maximum atomic E-state index is 9.02. The van der Waals surface area contributed by atoms with Gasteiger partial charge in [0.15, 0.2) is 0 Å². The minimum atomic E-state index is 0.519. The zero-order chi connectivity index (χ0) is 6.53. The zero-order valence-electron chi connectivity index (χ0n) is 5.51. The topological polar surface area (TPSA) is 20.2 Å². The largest absolute Gasteiger partial charge is 0.512 e. The lowest BCUT2D eigenvalue weighted by molar-refractivity contribution is 0.381. The van der Waals surface area contributed by atoms with E-state index in [1.54, 1.807) is 6.08 Å². The van der Waals surface area contributed by atoms with Crippen LogP contribution in [0.1, 0.15) is 25.7 Å². The smallest absolute Gasteiger partial charge is 0.0922 e. The van der Waals surface area contributed by atoms with Crippen molar-refractivity contribution in [3.63, 3.8) is 0 Å². The third-order valence-electron chi connectivity index (χ3n) is 1.48. The first-order chi connectivity index (χ1) is 4.39. The van der Waals surface area contributed by atoms with Gasteiger partial charge < -0.3 is 5.11 Å². The third kappa shape index (κ3) is 2.36. The Labute approximate surface area is 55.7 Å². The summed E-state index contributed by atoms with van der Waals surface area (Å²) in [7, 11) is 0. The van der Waals surface area contributed by atoms with Gasteiger partial charge in [-0.25, -0.2) is 0 Å². The Kier molecular flexibility index (Phi) is 2.37. The van der Waals surface area contributed by atoms with E-state index in [4.69, 9.17) is 5.11 Å². The Morgan fingerprint density at radius 3 is 3.11 bits per heavy atom. The van der Waals surface area contributed by atoms with E-state index >= 15 is 0 Å². The van der Waals surface area contributed by atoms with Gasteiger partial charge in [-0.1, -0.05) is 12.2 Å². The standard InChI is InChI=1S/C8H12O/c9-8-6-4-2-1-3-5-7-8/h2,4,6,9H,1,3,5,7H2. The maximum Gasteiger partial charge on any atom is 0.0922 e. The summed E-state index contributed by atoms with van der Waals surface area (Å²) in [5, 5.41) is 9.02. The first-order valence-corrected chi connectivity index (χ1v) is 3.44. The first kappa shape index (κ1) is 6.40. The molecular formula is C8H12O. The van der Waals surface area contributed by atoms with Gasteiger partial charge in [0.1, 0.15) is 0 Å². The second kappa shape index (κ2) is 3.33. The molecule has 0 fully saturated rings. The normalized spacial score (nSPS) is 20.2. The molecule has 0 aliphatic heterocycles. The summed E-state index contributed by atoms with van der Waals surface area (Å²) in [6, 6.07) is 0. The fourth-order valence-corrected chi connectivity index (χ4v) is 0.927. The fourth-order valence-electron chi connectivity index (χ4n) is 0.927. The van der Waals surface area contributed by atoms with Crippen molar-refractivity contribution >= 4 is 0 Å². The average Bonchev–Trinajstić information content (AvgIpc) is 1.79. The van der Waals surface area contributed by atoms with Crippen LogP contribution in [0.2, 0.25) is 0 Å². The van der Waals surface area contributed by atoms with Gasteiger partial charge in [-0.15, -0.1) is 0 Å². The van der Waals surface area contributed by atoms with Crippen molar-refractivity contribution in [2.75, 3.05) is 0 Å². The highest BCUT2D eigenvalue weighted by atomic mass is 16.3. The molecule has 0 atom stereocenters. The molecule has 1 aliphatic carbocycles. The highest BCUT2D eigenvalue weighted by Crippen LogP contribution is 2.09. The Balaban J connectivity index is 2.48. The SMILES string of the molecule is OC1=CC=CCCCC1. The van der Waals surface area contributed by atoms with Crippen molar-refractivity contribution in [1.29, 1.82) is 0 Å². The summed E-state index contributed by atoms with van der Waals surface area (Å²) in [6.07, 6.45) is 10.1. The van der Waals surface area contributed by atoms with Crippen LogP contribution in [0, 0.1) is 0 Å². The average molecular weight is 124 g/mol. The van der Waals surface area contributed by atoms with E-state index in [-0.39, 0.29) is 0 Å². The molecule has 1 rings (SSSR count). The van der Waals surface area contributed by atoms with E-state index in [2.05, 4.69) is 6.08 Å².